The van der Waals surface area contributed by atoms with Crippen molar-refractivity contribution in [3.05, 3.63) is 0 Å². The Kier molecular flexibility index (Phi) is 8.74. The molecule has 3 radical (unpaired) electrons. The van der Waals surface area contributed by atoms with Gasteiger partial charge >= 0.3 is 0 Å². The van der Waals surface area contributed by atoms with Gasteiger partial charge in [0.15, 0.2) is 7.31 Å². The predicted octanol–water partition coefficient (Wildman–Crippen LogP) is 6.59. The van der Waals surface area contributed by atoms with E-state index in [2.05, 4.69) is 40.4 Å². The predicted molar refractivity (Wildman–Crippen MR) is 123 cm³/mol. The second-order valence-corrected chi connectivity index (χ2v) is 10.6. The fraction of sp³-hybridized carbons (Fsp3) is 1.00. The molecular formula is C23H43B3N. The second kappa shape index (κ2) is 10.8. The van der Waals surface area contributed by atoms with Crippen LogP contribution in [0.1, 0.15) is 123 Å². The van der Waals surface area contributed by atoms with Crippen molar-refractivity contribution in [2.24, 2.45) is 0 Å². The van der Waals surface area contributed by atoms with Gasteiger partial charge in [-0.15, -0.1) is 0 Å². The molecule has 0 spiro atoms. The molecule has 2 aliphatic carbocycles. The summed E-state index contributed by atoms with van der Waals surface area (Å²) in [6.45, 7) is 6.35. The molecule has 27 heavy (non-hydrogen) atoms. The first-order chi connectivity index (χ1) is 13.1. The summed E-state index contributed by atoms with van der Waals surface area (Å²) in [5.41, 5.74) is 0. The van der Waals surface area contributed by atoms with Crippen molar-refractivity contribution in [2.45, 2.75) is 140 Å². The molecule has 4 heteroatoms. The maximum absolute atomic E-state index is 2.79. The average Bonchev–Trinajstić information content (AvgIpc) is 3.09. The van der Waals surface area contributed by atoms with Crippen molar-refractivity contribution in [1.82, 2.24) is 4.81 Å². The Labute approximate surface area is 172 Å². The molecular weight excluding hydrogens is 323 g/mol. The van der Waals surface area contributed by atoms with Gasteiger partial charge in [0, 0.05) is 0 Å². The maximum atomic E-state index is 2.79. The van der Waals surface area contributed by atoms with Gasteiger partial charge in [-0.1, -0.05) is 121 Å². The fourth-order valence-corrected chi connectivity index (χ4v) is 5.86. The number of hydrogen-bond acceptors (Lipinski definition) is 1. The summed E-state index contributed by atoms with van der Waals surface area (Å²) in [6, 6.07) is 0. The van der Waals surface area contributed by atoms with E-state index in [0.717, 1.165) is 0 Å². The lowest BCUT2D eigenvalue weighted by molar-refractivity contribution is 0.417. The minimum atomic E-state index is 0.440. The summed E-state index contributed by atoms with van der Waals surface area (Å²) in [4.78, 5) is 2.70. The van der Waals surface area contributed by atoms with E-state index in [1.54, 1.807) is 0 Å². The molecule has 3 rings (SSSR count). The molecule has 0 N–H and O–H groups in total. The number of nitrogens with zero attached hydrogens (tertiary/aromatic N) is 1. The van der Waals surface area contributed by atoms with Crippen LogP contribution >= 0.6 is 0 Å². The number of rotatable bonds is 5. The van der Waals surface area contributed by atoms with Gasteiger partial charge in [-0.2, -0.15) is 0 Å². The molecule has 1 saturated heterocycles. The van der Waals surface area contributed by atoms with Crippen LogP contribution in [-0.2, 0) is 0 Å². The molecule has 2 saturated carbocycles. The highest BCUT2D eigenvalue weighted by molar-refractivity contribution is 7.00. The van der Waals surface area contributed by atoms with E-state index in [1.165, 1.54) is 116 Å². The Balaban J connectivity index is 1.51. The molecule has 0 aromatic heterocycles. The summed E-state index contributed by atoms with van der Waals surface area (Å²) < 4.78 is 0. The van der Waals surface area contributed by atoms with Crippen LogP contribution in [0.2, 0.25) is 10.6 Å². The summed E-state index contributed by atoms with van der Waals surface area (Å²) in [5.74, 6) is 0.684. The monoisotopic (exact) mass is 366 g/mol. The zero-order valence-corrected chi connectivity index (χ0v) is 18.5. The molecule has 1 heterocycles. The Morgan fingerprint density at radius 3 is 1.67 bits per heavy atom. The van der Waals surface area contributed by atoms with Crippen molar-refractivity contribution in [3.63, 3.8) is 0 Å². The van der Waals surface area contributed by atoms with Crippen LogP contribution < -0.4 is 0 Å². The van der Waals surface area contributed by atoms with E-state index in [1.807, 2.05) is 0 Å². The molecule has 1 unspecified atom stereocenters. The van der Waals surface area contributed by atoms with Crippen LogP contribution in [0.4, 0.5) is 0 Å². The van der Waals surface area contributed by atoms with E-state index >= 15 is 0 Å². The van der Waals surface area contributed by atoms with Gasteiger partial charge in [0.25, 0.3) is 0 Å². The van der Waals surface area contributed by atoms with Crippen LogP contribution in [0.5, 0.6) is 0 Å². The summed E-state index contributed by atoms with van der Waals surface area (Å²) in [7, 11) is 7.92. The zero-order chi connectivity index (χ0) is 19.0. The Bertz CT molecular complexity index is 410. The molecule has 0 aromatic rings. The Morgan fingerprint density at radius 1 is 0.630 bits per heavy atom. The number of hydrogen-bond donors (Lipinski definition) is 0. The summed E-state index contributed by atoms with van der Waals surface area (Å²) >= 11 is 0. The standard InChI is InChI=1S/C23H43B3N/c1-22(16-10-6-3-4-7-11-17-22)24-21-15-14-20-27(21)26-25-23(2)18-12-8-5-9-13-19-23/h21H,3-20H2,1-2H3. The highest BCUT2D eigenvalue weighted by Crippen LogP contribution is 2.42. The largest absolute Gasteiger partial charge is 0.360 e. The Hall–Kier alpha value is 0.155. The molecule has 0 amide bonds. The first-order valence-electron chi connectivity index (χ1n) is 12.4. The summed E-state index contributed by atoms with van der Waals surface area (Å²) in [6.07, 6.45) is 24.3. The highest BCUT2D eigenvalue weighted by atomic mass is 15.1. The van der Waals surface area contributed by atoms with E-state index < -0.39 is 0 Å². The molecule has 1 nitrogen and oxygen atoms in total. The van der Waals surface area contributed by atoms with E-state index in [0.29, 0.717) is 16.6 Å². The average molecular weight is 366 g/mol. The third-order valence-electron chi connectivity index (χ3n) is 7.85. The van der Waals surface area contributed by atoms with Crippen molar-refractivity contribution in [2.75, 3.05) is 6.54 Å². The van der Waals surface area contributed by atoms with Gasteiger partial charge in [0.1, 0.15) is 7.28 Å². The van der Waals surface area contributed by atoms with E-state index in [4.69, 9.17) is 0 Å². The topological polar surface area (TPSA) is 3.24 Å². The van der Waals surface area contributed by atoms with Gasteiger partial charge < -0.3 is 4.81 Å². The molecule has 0 aromatic carbocycles. The van der Waals surface area contributed by atoms with Crippen molar-refractivity contribution >= 4 is 21.8 Å². The molecule has 3 fully saturated rings. The normalized spacial score (nSPS) is 30.2. The van der Waals surface area contributed by atoms with E-state index in [9.17, 15) is 0 Å². The molecule has 149 valence electrons. The molecule has 1 aliphatic heterocycles. The van der Waals surface area contributed by atoms with Crippen LogP contribution in [0, 0.1) is 0 Å². The summed E-state index contributed by atoms with van der Waals surface area (Å²) in [5, 5.41) is 0.908. The van der Waals surface area contributed by atoms with Crippen LogP contribution in [0.25, 0.3) is 0 Å². The van der Waals surface area contributed by atoms with Gasteiger partial charge in [-0.3, -0.25) is 0 Å². The lowest BCUT2D eigenvalue weighted by Gasteiger charge is -2.37. The first-order valence-corrected chi connectivity index (χ1v) is 12.4. The van der Waals surface area contributed by atoms with Gasteiger partial charge in [-0.25, -0.2) is 0 Å². The lowest BCUT2D eigenvalue weighted by Crippen LogP contribution is -2.45. The van der Waals surface area contributed by atoms with Crippen molar-refractivity contribution in [1.29, 1.82) is 0 Å². The second-order valence-electron chi connectivity index (χ2n) is 10.6. The van der Waals surface area contributed by atoms with Gasteiger partial charge in [0.05, 0.1) is 7.17 Å². The van der Waals surface area contributed by atoms with Crippen LogP contribution in [0.3, 0.4) is 0 Å². The van der Waals surface area contributed by atoms with Crippen LogP contribution in [-0.4, -0.2) is 39.1 Å². The molecule has 0 bridgehead atoms. The molecule has 3 aliphatic rings. The SMILES string of the molecule is CC1([B]C2CCCN2[B][B]C2(C)CCCCCCC2)CCCCCCCC1. The van der Waals surface area contributed by atoms with Crippen molar-refractivity contribution < 1.29 is 0 Å². The third-order valence-corrected chi connectivity index (χ3v) is 7.85. The zero-order valence-electron chi connectivity index (χ0n) is 18.5. The van der Waals surface area contributed by atoms with E-state index in [-0.39, 0.29) is 0 Å². The third kappa shape index (κ3) is 7.16. The van der Waals surface area contributed by atoms with Gasteiger partial charge in [-0.05, 0) is 25.3 Å². The fourth-order valence-electron chi connectivity index (χ4n) is 5.86. The smallest absolute Gasteiger partial charge is 0.159 e. The quantitative estimate of drug-likeness (QED) is 0.497. The van der Waals surface area contributed by atoms with Crippen LogP contribution in [0.15, 0.2) is 0 Å². The minimum absolute atomic E-state index is 0.440. The van der Waals surface area contributed by atoms with Gasteiger partial charge in [0.2, 0.25) is 0 Å². The first kappa shape index (κ1) is 21.9. The van der Waals surface area contributed by atoms with Crippen molar-refractivity contribution in [3.8, 4) is 0 Å². The lowest BCUT2D eigenvalue weighted by atomic mass is 9.30. The highest BCUT2D eigenvalue weighted by Gasteiger charge is 2.35. The maximum Gasteiger partial charge on any atom is 0.159 e. The molecule has 1 atom stereocenters. The minimum Gasteiger partial charge on any atom is -0.360 e. The Morgan fingerprint density at radius 2 is 1.11 bits per heavy atom.